The molecule has 1 atom stereocenters. The molecule has 0 aliphatic carbocycles. The Kier molecular flexibility index (Phi) is 8.44. The molecule has 0 unspecified atom stereocenters. The molecule has 0 fully saturated rings. The molecule has 1 aromatic rings. The van der Waals surface area contributed by atoms with Gasteiger partial charge in [-0.05, 0) is 25.1 Å². The molecule has 26 heavy (non-hydrogen) atoms. The molecule has 1 aromatic carbocycles. The molecule has 0 spiro atoms. The number of nitrogens with one attached hydrogen (secondary N) is 1. The van der Waals surface area contributed by atoms with Crippen LogP contribution in [-0.2, 0) is 29.1 Å². The number of amides is 1. The minimum absolute atomic E-state index is 0.0750. The molecule has 1 amide bonds. The Balaban J connectivity index is 2.94. The fourth-order valence-corrected chi connectivity index (χ4v) is 3.24. The Labute approximate surface area is 157 Å². The van der Waals surface area contributed by atoms with Crippen molar-refractivity contribution in [3.05, 3.63) is 28.8 Å². The zero-order valence-corrected chi connectivity index (χ0v) is 16.4. The van der Waals surface area contributed by atoms with E-state index in [1.54, 1.807) is 0 Å². The van der Waals surface area contributed by atoms with Crippen molar-refractivity contribution in [2.75, 3.05) is 34.4 Å². The van der Waals surface area contributed by atoms with Gasteiger partial charge in [-0.25, -0.2) is 13.2 Å². The van der Waals surface area contributed by atoms with Gasteiger partial charge in [0, 0.05) is 20.7 Å². The van der Waals surface area contributed by atoms with Crippen molar-refractivity contribution < 1.29 is 32.3 Å². The molecule has 0 saturated heterocycles. The number of sulfonamides is 1. The molecule has 0 aliphatic heterocycles. The SMILES string of the molecule is COCCNC(=O)[C@H](C)OC(=O)c1ccc(Cl)c(S(=O)(=O)N(C)OC)c1. The summed E-state index contributed by atoms with van der Waals surface area (Å²) in [6, 6.07) is 3.61. The number of carbonyl (C=O) groups excluding carboxylic acids is 2. The van der Waals surface area contributed by atoms with Gasteiger partial charge >= 0.3 is 5.97 Å². The second kappa shape index (κ2) is 9.83. The fourth-order valence-electron chi connectivity index (χ4n) is 1.77. The molecule has 0 aliphatic rings. The van der Waals surface area contributed by atoms with Gasteiger partial charge in [-0.2, -0.15) is 0 Å². The Bertz CT molecular complexity index is 754. The van der Waals surface area contributed by atoms with Crippen molar-refractivity contribution in [1.82, 2.24) is 9.79 Å². The van der Waals surface area contributed by atoms with Gasteiger partial charge < -0.3 is 14.8 Å². The molecule has 0 bridgehead atoms. The molecule has 9 nitrogen and oxygen atoms in total. The van der Waals surface area contributed by atoms with Crippen LogP contribution in [0.3, 0.4) is 0 Å². The number of halogens is 1. The number of esters is 1. The number of nitrogens with zero attached hydrogens (tertiary/aromatic N) is 1. The van der Waals surface area contributed by atoms with E-state index in [9.17, 15) is 18.0 Å². The summed E-state index contributed by atoms with van der Waals surface area (Å²) < 4.78 is 35.1. The van der Waals surface area contributed by atoms with Gasteiger partial charge in [0.1, 0.15) is 4.90 Å². The third-order valence-electron chi connectivity index (χ3n) is 3.30. The number of ether oxygens (including phenoxy) is 2. The van der Waals surface area contributed by atoms with Gasteiger partial charge in [-0.3, -0.25) is 9.63 Å². The lowest BCUT2D eigenvalue weighted by Crippen LogP contribution is -2.37. The molecule has 146 valence electrons. The number of hydrogen-bond donors (Lipinski definition) is 1. The Morgan fingerprint density at radius 3 is 2.54 bits per heavy atom. The molecule has 0 saturated carbocycles. The lowest BCUT2D eigenvalue weighted by Gasteiger charge is -2.16. The van der Waals surface area contributed by atoms with Gasteiger partial charge in [-0.15, -0.1) is 0 Å². The molecule has 1 rings (SSSR count). The summed E-state index contributed by atoms with van der Waals surface area (Å²) in [7, 11) is -0.211. The van der Waals surface area contributed by atoms with E-state index in [2.05, 4.69) is 10.2 Å². The van der Waals surface area contributed by atoms with Crippen LogP contribution in [0.25, 0.3) is 0 Å². The summed E-state index contributed by atoms with van der Waals surface area (Å²) in [5, 5.41) is 2.44. The number of benzene rings is 1. The van der Waals surface area contributed by atoms with E-state index in [4.69, 9.17) is 21.1 Å². The lowest BCUT2D eigenvalue weighted by molar-refractivity contribution is -0.129. The minimum Gasteiger partial charge on any atom is -0.449 e. The Morgan fingerprint density at radius 2 is 1.96 bits per heavy atom. The first-order valence-electron chi connectivity index (χ1n) is 7.45. The minimum atomic E-state index is -4.06. The molecule has 1 N–H and O–H groups in total. The highest BCUT2D eigenvalue weighted by Crippen LogP contribution is 2.25. The molecule has 0 heterocycles. The number of hydroxylamine groups is 1. The third kappa shape index (κ3) is 5.64. The van der Waals surface area contributed by atoms with Gasteiger partial charge in [0.05, 0.1) is 24.3 Å². The second-order valence-corrected chi connectivity index (χ2v) is 7.39. The summed E-state index contributed by atoms with van der Waals surface area (Å²) in [6.07, 6.45) is -1.07. The smallest absolute Gasteiger partial charge is 0.338 e. The van der Waals surface area contributed by atoms with E-state index >= 15 is 0 Å². The van der Waals surface area contributed by atoms with Crippen LogP contribution in [0.15, 0.2) is 23.1 Å². The molecule has 11 heteroatoms. The van der Waals surface area contributed by atoms with Crippen LogP contribution in [0.5, 0.6) is 0 Å². The summed E-state index contributed by atoms with van der Waals surface area (Å²) in [4.78, 5) is 28.4. The average molecular weight is 409 g/mol. The van der Waals surface area contributed by atoms with E-state index in [0.717, 1.165) is 6.07 Å². The number of methoxy groups -OCH3 is 1. The zero-order chi connectivity index (χ0) is 19.9. The van der Waals surface area contributed by atoms with Crippen LogP contribution in [-0.4, -0.2) is 65.3 Å². The summed E-state index contributed by atoms with van der Waals surface area (Å²) in [5.74, 6) is -1.37. The second-order valence-electron chi connectivity index (χ2n) is 5.07. The standard InChI is InChI=1S/C15H21ClN2O7S/c1-10(14(19)17-7-8-23-3)25-15(20)11-5-6-12(16)13(9-11)26(21,22)18(2)24-4/h5-6,9-10H,7-8H2,1-4H3,(H,17,19)/t10-/m0/s1. The number of rotatable bonds is 9. The molecule has 0 aromatic heterocycles. The predicted octanol–water partition coefficient (Wildman–Crippen LogP) is 0.830. The topological polar surface area (TPSA) is 111 Å². The Hall–Kier alpha value is -1.72. The van der Waals surface area contributed by atoms with Crippen molar-refractivity contribution in [3.63, 3.8) is 0 Å². The molecule has 0 radical (unpaired) electrons. The largest absolute Gasteiger partial charge is 0.449 e. The van der Waals surface area contributed by atoms with Crippen LogP contribution < -0.4 is 5.32 Å². The van der Waals surface area contributed by atoms with E-state index in [-0.39, 0.29) is 22.0 Å². The normalized spacial score (nSPS) is 12.7. The number of hydrogen-bond acceptors (Lipinski definition) is 7. The molecular weight excluding hydrogens is 388 g/mol. The van der Waals surface area contributed by atoms with E-state index in [0.29, 0.717) is 11.1 Å². The number of carbonyl (C=O) groups is 2. The monoisotopic (exact) mass is 408 g/mol. The van der Waals surface area contributed by atoms with Crippen molar-refractivity contribution >= 4 is 33.5 Å². The van der Waals surface area contributed by atoms with Crippen LogP contribution >= 0.6 is 11.6 Å². The lowest BCUT2D eigenvalue weighted by atomic mass is 10.2. The molecular formula is C15H21ClN2O7S. The van der Waals surface area contributed by atoms with Crippen LogP contribution in [0.4, 0.5) is 0 Å². The van der Waals surface area contributed by atoms with E-state index in [1.807, 2.05) is 0 Å². The fraction of sp³-hybridized carbons (Fsp3) is 0.467. The highest BCUT2D eigenvalue weighted by atomic mass is 35.5. The van der Waals surface area contributed by atoms with Gasteiger partial charge in [0.25, 0.3) is 15.9 Å². The maximum Gasteiger partial charge on any atom is 0.338 e. The summed E-state index contributed by atoms with van der Waals surface area (Å²) in [5.41, 5.74) is -0.0750. The maximum absolute atomic E-state index is 12.3. The van der Waals surface area contributed by atoms with Gasteiger partial charge in [0.15, 0.2) is 6.10 Å². The van der Waals surface area contributed by atoms with Gasteiger partial charge in [-0.1, -0.05) is 16.1 Å². The van der Waals surface area contributed by atoms with Crippen LogP contribution in [0.1, 0.15) is 17.3 Å². The average Bonchev–Trinajstić information content (AvgIpc) is 2.60. The van der Waals surface area contributed by atoms with Crippen molar-refractivity contribution in [3.8, 4) is 0 Å². The van der Waals surface area contributed by atoms with Gasteiger partial charge in [0.2, 0.25) is 0 Å². The highest BCUT2D eigenvalue weighted by molar-refractivity contribution is 7.89. The summed E-state index contributed by atoms with van der Waals surface area (Å²) >= 11 is 5.92. The van der Waals surface area contributed by atoms with E-state index in [1.165, 1.54) is 40.3 Å². The van der Waals surface area contributed by atoms with Crippen molar-refractivity contribution in [2.45, 2.75) is 17.9 Å². The van der Waals surface area contributed by atoms with Crippen molar-refractivity contribution in [2.24, 2.45) is 0 Å². The van der Waals surface area contributed by atoms with E-state index < -0.39 is 28.0 Å². The first-order chi connectivity index (χ1) is 12.1. The zero-order valence-electron chi connectivity index (χ0n) is 14.8. The third-order valence-corrected chi connectivity index (χ3v) is 5.46. The Morgan fingerprint density at radius 1 is 1.31 bits per heavy atom. The predicted molar refractivity (Wildman–Crippen MR) is 93.2 cm³/mol. The summed E-state index contributed by atoms with van der Waals surface area (Å²) in [6.45, 7) is 1.98. The van der Waals surface area contributed by atoms with Crippen LogP contribution in [0, 0.1) is 0 Å². The maximum atomic E-state index is 12.3. The first-order valence-corrected chi connectivity index (χ1v) is 9.27. The van der Waals surface area contributed by atoms with Crippen LogP contribution in [0.2, 0.25) is 5.02 Å². The highest BCUT2D eigenvalue weighted by Gasteiger charge is 2.26. The first kappa shape index (κ1) is 22.3. The quantitative estimate of drug-likeness (QED) is 0.366. The van der Waals surface area contributed by atoms with Crippen molar-refractivity contribution in [1.29, 1.82) is 0 Å².